The standard InChI is InChI=1S/C56H60N10O7S/c1-33-36(49-41(56(2,3)4)30-46(59-51(49)54(71)72)66-23-21-34-11-8-13-37(40(34)31-66)52(69)61-55-58-42-14-6-7-16-45(42)74-55)12-9-15-44(33)73-28-10-22-64-24-26-65(27-25-64)32-48(68)57-35-17-18-38-43(29-35)63(5)62-50(38)39-19-20-47(67)60-53(39)70/h6-9,11-18,29-30,39H,10,19-28,31-32H2,1-5H3,(H,57,68)(H,71,72)(H,58,61,69)(H,60,67,70). The van der Waals surface area contributed by atoms with Crippen LogP contribution in [0.25, 0.3) is 32.2 Å². The number of aromatic carboxylic acids is 1. The van der Waals surface area contributed by atoms with Gasteiger partial charge >= 0.3 is 5.97 Å². The molecule has 3 aliphatic rings. The third kappa shape index (κ3) is 10.5. The lowest BCUT2D eigenvalue weighted by molar-refractivity contribution is -0.134. The SMILES string of the molecule is Cc1c(OCCCN2CCN(CC(=O)Nc3ccc4c(C5CCC(=O)NC5=O)nn(C)c4c3)CC2)cccc1-c1c(C(C)(C)C)cc(N2CCc3cccc(C(=O)Nc4nc5ccccc5s4)c3C2)nc1C(=O)O. The van der Waals surface area contributed by atoms with Gasteiger partial charge in [-0.3, -0.25) is 39.4 Å². The van der Waals surface area contributed by atoms with Crippen LogP contribution in [0.2, 0.25) is 0 Å². The number of benzene rings is 4. The van der Waals surface area contributed by atoms with Gasteiger partial charge in [0.05, 0.1) is 40.5 Å². The highest BCUT2D eigenvalue weighted by molar-refractivity contribution is 7.22. The zero-order valence-electron chi connectivity index (χ0n) is 42.3. The molecule has 0 spiro atoms. The summed E-state index contributed by atoms with van der Waals surface area (Å²) in [5, 5.41) is 25.3. The van der Waals surface area contributed by atoms with Gasteiger partial charge in [-0.25, -0.2) is 14.8 Å². The number of hydrogen-bond acceptors (Lipinski definition) is 13. The number of piperidine rings is 1. The monoisotopic (exact) mass is 1020 g/mol. The Bertz CT molecular complexity index is 3320. The van der Waals surface area contributed by atoms with Gasteiger partial charge in [0.2, 0.25) is 17.7 Å². The van der Waals surface area contributed by atoms with Crippen LogP contribution in [-0.4, -0.2) is 117 Å². The first-order valence-electron chi connectivity index (χ1n) is 25.2. The molecule has 3 aliphatic heterocycles. The second-order valence-corrected chi connectivity index (χ2v) is 21.4. The van der Waals surface area contributed by atoms with Crippen molar-refractivity contribution in [2.75, 3.05) is 68.0 Å². The van der Waals surface area contributed by atoms with Crippen molar-refractivity contribution in [1.29, 1.82) is 0 Å². The van der Waals surface area contributed by atoms with Crippen molar-refractivity contribution >= 4 is 78.7 Å². The minimum atomic E-state index is -1.13. The van der Waals surface area contributed by atoms with Gasteiger partial charge < -0.3 is 25.0 Å². The first-order chi connectivity index (χ1) is 35.6. The van der Waals surface area contributed by atoms with Gasteiger partial charge in [0, 0.05) is 81.5 Å². The molecule has 1 atom stereocenters. The van der Waals surface area contributed by atoms with E-state index in [1.54, 1.807) is 11.7 Å². The van der Waals surface area contributed by atoms with Gasteiger partial charge in [-0.2, -0.15) is 5.10 Å². The van der Waals surface area contributed by atoms with E-state index in [1.165, 1.54) is 11.3 Å². The van der Waals surface area contributed by atoms with Gasteiger partial charge in [-0.1, -0.05) is 68.5 Å². The van der Waals surface area contributed by atoms with E-state index in [4.69, 9.17) is 9.72 Å². The number of carboxylic acid groups (broad SMARTS) is 1. The summed E-state index contributed by atoms with van der Waals surface area (Å²) in [6.45, 7) is 13.9. The number of pyridine rings is 1. The molecule has 0 saturated carbocycles. The number of carbonyl (C=O) groups excluding carboxylic acids is 4. The van der Waals surface area contributed by atoms with Crippen LogP contribution in [0.15, 0.2) is 84.9 Å². The molecule has 2 saturated heterocycles. The third-order valence-corrected chi connectivity index (χ3v) is 15.3. The highest BCUT2D eigenvalue weighted by Crippen LogP contribution is 2.42. The summed E-state index contributed by atoms with van der Waals surface area (Å²) >= 11 is 1.43. The van der Waals surface area contributed by atoms with Crippen molar-refractivity contribution in [3.05, 3.63) is 124 Å². The molecule has 4 aromatic carbocycles. The molecule has 74 heavy (non-hydrogen) atoms. The average molecular weight is 1020 g/mol. The van der Waals surface area contributed by atoms with Crippen LogP contribution >= 0.6 is 11.3 Å². The maximum atomic E-state index is 13.8. The number of amides is 4. The van der Waals surface area contributed by atoms with E-state index in [-0.39, 0.29) is 42.3 Å². The molecule has 18 heteroatoms. The normalized spacial score (nSPS) is 16.6. The van der Waals surface area contributed by atoms with E-state index < -0.39 is 17.3 Å². The smallest absolute Gasteiger partial charge is 0.355 e. The third-order valence-electron chi connectivity index (χ3n) is 14.4. The molecule has 0 radical (unpaired) electrons. The summed E-state index contributed by atoms with van der Waals surface area (Å²) in [5.74, 6) is -1.36. The minimum Gasteiger partial charge on any atom is -0.493 e. The van der Waals surface area contributed by atoms with Gasteiger partial charge in [-0.15, -0.1) is 0 Å². The fourth-order valence-electron chi connectivity index (χ4n) is 10.5. The predicted molar refractivity (Wildman–Crippen MR) is 286 cm³/mol. The van der Waals surface area contributed by atoms with Crippen molar-refractivity contribution in [2.24, 2.45) is 7.05 Å². The quantitative estimate of drug-likeness (QED) is 0.0605. The van der Waals surface area contributed by atoms with Gasteiger partial charge in [0.15, 0.2) is 10.8 Å². The van der Waals surface area contributed by atoms with Crippen molar-refractivity contribution in [3.63, 3.8) is 0 Å². The second-order valence-electron chi connectivity index (χ2n) is 20.4. The largest absolute Gasteiger partial charge is 0.493 e. The lowest BCUT2D eigenvalue weighted by Crippen LogP contribution is -2.48. The molecule has 4 amide bonds. The van der Waals surface area contributed by atoms with E-state index in [2.05, 4.69) is 61.5 Å². The second kappa shape index (κ2) is 20.8. The number of aromatic nitrogens is 4. The Labute approximate surface area is 432 Å². The highest BCUT2D eigenvalue weighted by atomic mass is 32.1. The topological polar surface area (TPSA) is 204 Å². The van der Waals surface area contributed by atoms with Crippen molar-refractivity contribution in [3.8, 4) is 16.9 Å². The summed E-state index contributed by atoms with van der Waals surface area (Å²) in [5.41, 5.74) is 7.87. The Kier molecular flexibility index (Phi) is 14.0. The van der Waals surface area contributed by atoms with Crippen molar-refractivity contribution < 1.29 is 33.8 Å². The van der Waals surface area contributed by atoms with Crippen LogP contribution in [0.4, 0.5) is 16.6 Å². The number of imide groups is 1. The maximum Gasteiger partial charge on any atom is 0.355 e. The zero-order chi connectivity index (χ0) is 51.8. The summed E-state index contributed by atoms with van der Waals surface area (Å²) in [7, 11) is 1.80. The van der Waals surface area contributed by atoms with Gasteiger partial charge in [-0.05, 0) is 108 Å². The van der Waals surface area contributed by atoms with E-state index in [0.29, 0.717) is 71.7 Å². The van der Waals surface area contributed by atoms with Crippen LogP contribution in [0, 0.1) is 6.92 Å². The van der Waals surface area contributed by atoms with E-state index in [9.17, 15) is 29.1 Å². The molecule has 10 rings (SSSR count). The Morgan fingerprint density at radius 2 is 1.68 bits per heavy atom. The summed E-state index contributed by atoms with van der Waals surface area (Å²) in [6, 6.07) is 26.9. The molecule has 7 aromatic rings. The molecule has 17 nitrogen and oxygen atoms in total. The van der Waals surface area contributed by atoms with Crippen molar-refractivity contribution in [1.82, 2.24) is 34.9 Å². The minimum absolute atomic E-state index is 0.0368. The molecule has 6 heterocycles. The molecule has 4 N–H and O–H groups in total. The Hall–Kier alpha value is -7.54. The van der Waals surface area contributed by atoms with Crippen LogP contribution in [0.5, 0.6) is 5.75 Å². The fourth-order valence-corrected chi connectivity index (χ4v) is 11.3. The van der Waals surface area contributed by atoms with Crippen LogP contribution in [-0.2, 0) is 39.8 Å². The number of carboxylic acids is 1. The lowest BCUT2D eigenvalue weighted by Gasteiger charge is -2.34. The Balaban J connectivity index is 0.753. The predicted octanol–water partition coefficient (Wildman–Crippen LogP) is 7.91. The molecule has 382 valence electrons. The fraction of sp³-hybridized carbons (Fsp3) is 0.357. The number of anilines is 3. The number of aryl methyl sites for hydroxylation is 1. The lowest BCUT2D eigenvalue weighted by atomic mass is 9.80. The molecule has 0 bridgehead atoms. The molecule has 0 aliphatic carbocycles. The first kappa shape index (κ1) is 50.0. The highest BCUT2D eigenvalue weighted by Gasteiger charge is 2.33. The Morgan fingerprint density at radius 3 is 2.45 bits per heavy atom. The number of para-hydroxylation sites is 1. The number of hydrogen-bond donors (Lipinski definition) is 4. The zero-order valence-corrected chi connectivity index (χ0v) is 43.1. The molecular formula is C56H60N10O7S. The first-order valence-corrected chi connectivity index (χ1v) is 26.0. The number of thiazole rings is 1. The average Bonchev–Trinajstić information content (AvgIpc) is 3.94. The van der Waals surface area contributed by atoms with Crippen LogP contribution in [0.3, 0.4) is 0 Å². The number of piperazine rings is 1. The summed E-state index contributed by atoms with van der Waals surface area (Å²) < 4.78 is 9.11. The number of nitrogens with one attached hydrogen (secondary N) is 3. The van der Waals surface area contributed by atoms with E-state index in [1.807, 2.05) is 91.9 Å². The van der Waals surface area contributed by atoms with E-state index in [0.717, 1.165) is 88.1 Å². The number of carbonyl (C=O) groups is 5. The summed E-state index contributed by atoms with van der Waals surface area (Å²) in [6.07, 6.45) is 2.12. The van der Waals surface area contributed by atoms with Gasteiger partial charge in [0.1, 0.15) is 11.6 Å². The number of fused-ring (bicyclic) bond motifs is 3. The Morgan fingerprint density at radius 1 is 0.892 bits per heavy atom. The summed E-state index contributed by atoms with van der Waals surface area (Å²) in [4.78, 5) is 80.6. The van der Waals surface area contributed by atoms with Crippen molar-refractivity contribution in [2.45, 2.75) is 71.3 Å². The molecule has 3 aromatic heterocycles. The van der Waals surface area contributed by atoms with Crippen LogP contribution < -0.4 is 25.6 Å². The number of ether oxygens (including phenoxy) is 1. The molecular weight excluding hydrogens is 957 g/mol. The van der Waals surface area contributed by atoms with Gasteiger partial charge in [0.25, 0.3) is 5.91 Å². The number of nitrogens with zero attached hydrogens (tertiary/aromatic N) is 7. The van der Waals surface area contributed by atoms with Crippen LogP contribution in [0.1, 0.15) is 94.7 Å². The molecule has 2 fully saturated rings. The van der Waals surface area contributed by atoms with E-state index >= 15 is 0 Å². The molecule has 1 unspecified atom stereocenters. The maximum absolute atomic E-state index is 13.8. The number of rotatable bonds is 14.